The van der Waals surface area contributed by atoms with Crippen molar-refractivity contribution < 1.29 is 27.4 Å². The van der Waals surface area contributed by atoms with Crippen molar-refractivity contribution >= 4 is 11.6 Å². The Bertz CT molecular complexity index is 1310. The summed E-state index contributed by atoms with van der Waals surface area (Å²) >= 11 is 0. The molecule has 5 nitrogen and oxygen atoms in total. The molecule has 218 valence electrons. The van der Waals surface area contributed by atoms with Crippen LogP contribution in [-0.4, -0.2) is 42.9 Å². The molecule has 0 bridgehead atoms. The number of hydrogen-bond acceptors (Lipinski definition) is 4. The predicted molar refractivity (Wildman–Crippen MR) is 154 cm³/mol. The number of carbonyl (C=O) groups excluding carboxylic acids is 1. The molecule has 0 unspecified atom stereocenters. The molecule has 5 rings (SSSR count). The third-order valence-corrected chi connectivity index (χ3v) is 8.06. The highest BCUT2D eigenvalue weighted by Gasteiger charge is 2.31. The molecule has 1 N–H and O–H groups in total. The molecule has 2 aliphatic rings. The average Bonchev–Trinajstić information content (AvgIpc) is 2.94. The fraction of sp³-hybridized carbons (Fsp3) is 0.424. The van der Waals surface area contributed by atoms with E-state index in [4.69, 9.17) is 4.74 Å². The van der Waals surface area contributed by atoms with Crippen molar-refractivity contribution in [2.45, 2.75) is 64.3 Å². The van der Waals surface area contributed by atoms with Gasteiger partial charge in [0.05, 0.1) is 0 Å². The number of ether oxygens (including phenoxy) is 2. The first kappa shape index (κ1) is 29.0. The standard InChI is InChI=1S/C33H37F3N2O3/c1-23-7-5-12-30(31(23)25-13-15-28(16-14-25)41-33(34,35)36)32(39)37-26-10-6-11-29(21-26)40-27-17-19-38(20-18-27)22-24-8-3-2-4-9-24/h5-7,10-16,21,24,27H,2-4,8-9,17-20,22H2,1H3,(H,37,39). The van der Waals surface area contributed by atoms with Crippen LogP contribution in [0.3, 0.4) is 0 Å². The van der Waals surface area contributed by atoms with Crippen molar-refractivity contribution in [3.8, 4) is 22.6 Å². The first-order chi connectivity index (χ1) is 19.7. The third kappa shape index (κ3) is 8.03. The molecule has 1 heterocycles. The van der Waals surface area contributed by atoms with Crippen molar-refractivity contribution in [2.75, 3.05) is 25.0 Å². The van der Waals surface area contributed by atoms with Crippen LogP contribution in [0.1, 0.15) is 60.9 Å². The summed E-state index contributed by atoms with van der Waals surface area (Å²) in [6.07, 6.45) is 4.22. The summed E-state index contributed by atoms with van der Waals surface area (Å²) in [6.45, 7) is 5.18. The number of carbonyl (C=O) groups is 1. The second-order valence-electron chi connectivity index (χ2n) is 11.2. The van der Waals surface area contributed by atoms with Crippen LogP contribution in [0.5, 0.6) is 11.5 Å². The molecule has 0 spiro atoms. The lowest BCUT2D eigenvalue weighted by Gasteiger charge is -2.35. The van der Waals surface area contributed by atoms with E-state index in [1.54, 1.807) is 12.1 Å². The third-order valence-electron chi connectivity index (χ3n) is 8.06. The van der Waals surface area contributed by atoms with Crippen LogP contribution >= 0.6 is 0 Å². The van der Waals surface area contributed by atoms with E-state index >= 15 is 0 Å². The summed E-state index contributed by atoms with van der Waals surface area (Å²) in [7, 11) is 0. The Morgan fingerprint density at radius 2 is 1.61 bits per heavy atom. The van der Waals surface area contributed by atoms with Gasteiger partial charge in [-0.1, -0.05) is 49.6 Å². The van der Waals surface area contributed by atoms with Crippen LogP contribution in [0, 0.1) is 12.8 Å². The molecule has 3 aromatic carbocycles. The number of alkyl halides is 3. The van der Waals surface area contributed by atoms with Crippen LogP contribution < -0.4 is 14.8 Å². The zero-order valence-electron chi connectivity index (χ0n) is 23.4. The number of piperidine rings is 1. The smallest absolute Gasteiger partial charge is 0.490 e. The number of hydrogen-bond donors (Lipinski definition) is 1. The maximum atomic E-state index is 13.4. The molecule has 0 aromatic heterocycles. The van der Waals surface area contributed by atoms with Crippen molar-refractivity contribution in [3.63, 3.8) is 0 Å². The van der Waals surface area contributed by atoms with Gasteiger partial charge in [-0.25, -0.2) is 0 Å². The average molecular weight is 567 g/mol. The molecule has 1 aliphatic heterocycles. The number of anilines is 1. The summed E-state index contributed by atoms with van der Waals surface area (Å²) in [4.78, 5) is 16.0. The van der Waals surface area contributed by atoms with Gasteiger partial charge in [0.1, 0.15) is 17.6 Å². The molecule has 1 saturated heterocycles. The van der Waals surface area contributed by atoms with Crippen LogP contribution in [0.2, 0.25) is 0 Å². The lowest BCUT2D eigenvalue weighted by Crippen LogP contribution is -2.40. The normalized spacial score (nSPS) is 17.3. The van der Waals surface area contributed by atoms with Gasteiger partial charge in [0, 0.05) is 37.0 Å². The van der Waals surface area contributed by atoms with E-state index in [-0.39, 0.29) is 17.8 Å². The number of amides is 1. The predicted octanol–water partition coefficient (Wildman–Crippen LogP) is 8.24. The number of aryl methyl sites for hydroxylation is 1. The van der Waals surface area contributed by atoms with Gasteiger partial charge < -0.3 is 19.7 Å². The van der Waals surface area contributed by atoms with Gasteiger partial charge in [-0.05, 0) is 85.5 Å². The quantitative estimate of drug-likeness (QED) is 0.298. The van der Waals surface area contributed by atoms with E-state index in [1.165, 1.54) is 62.9 Å². The molecular formula is C33H37F3N2O3. The number of likely N-dealkylation sites (tertiary alicyclic amines) is 1. The lowest BCUT2D eigenvalue weighted by molar-refractivity contribution is -0.274. The van der Waals surface area contributed by atoms with E-state index in [9.17, 15) is 18.0 Å². The molecule has 2 fully saturated rings. The van der Waals surface area contributed by atoms with Crippen molar-refractivity contribution in [1.29, 1.82) is 0 Å². The minimum absolute atomic E-state index is 0.149. The van der Waals surface area contributed by atoms with Gasteiger partial charge in [-0.15, -0.1) is 13.2 Å². The summed E-state index contributed by atoms with van der Waals surface area (Å²) in [5.41, 5.74) is 3.13. The van der Waals surface area contributed by atoms with E-state index in [2.05, 4.69) is 15.0 Å². The first-order valence-corrected chi connectivity index (χ1v) is 14.5. The van der Waals surface area contributed by atoms with Crippen LogP contribution in [0.25, 0.3) is 11.1 Å². The zero-order chi connectivity index (χ0) is 28.8. The van der Waals surface area contributed by atoms with Gasteiger partial charge >= 0.3 is 6.36 Å². The molecule has 3 aromatic rings. The topological polar surface area (TPSA) is 50.8 Å². The Hall–Kier alpha value is -3.52. The van der Waals surface area contributed by atoms with Crippen molar-refractivity contribution in [3.05, 3.63) is 77.9 Å². The Labute approximate surface area is 239 Å². The Balaban J connectivity index is 1.21. The molecule has 0 atom stereocenters. The summed E-state index contributed by atoms with van der Waals surface area (Å²) < 4.78 is 48.0. The van der Waals surface area contributed by atoms with Crippen LogP contribution in [0.4, 0.5) is 18.9 Å². The summed E-state index contributed by atoms with van der Waals surface area (Å²) in [5, 5.41) is 2.97. The highest BCUT2D eigenvalue weighted by Crippen LogP contribution is 2.32. The van der Waals surface area contributed by atoms with Gasteiger partial charge in [0.15, 0.2) is 0 Å². The number of nitrogens with zero attached hydrogens (tertiary/aromatic N) is 1. The van der Waals surface area contributed by atoms with E-state index in [0.717, 1.165) is 43.2 Å². The molecular weight excluding hydrogens is 529 g/mol. The van der Waals surface area contributed by atoms with Gasteiger partial charge in [0.2, 0.25) is 0 Å². The fourth-order valence-electron chi connectivity index (χ4n) is 6.05. The van der Waals surface area contributed by atoms with E-state index < -0.39 is 6.36 Å². The number of benzene rings is 3. The molecule has 0 radical (unpaired) electrons. The monoisotopic (exact) mass is 566 g/mol. The molecule has 1 amide bonds. The van der Waals surface area contributed by atoms with Crippen LogP contribution in [-0.2, 0) is 0 Å². The number of halogens is 3. The summed E-state index contributed by atoms with van der Waals surface area (Å²) in [5.74, 6) is 0.941. The molecule has 8 heteroatoms. The molecule has 41 heavy (non-hydrogen) atoms. The Morgan fingerprint density at radius 3 is 2.32 bits per heavy atom. The SMILES string of the molecule is Cc1cccc(C(=O)Nc2cccc(OC3CCN(CC4CCCCC4)CC3)c2)c1-c1ccc(OC(F)(F)F)cc1. The second kappa shape index (κ2) is 13.0. The first-order valence-electron chi connectivity index (χ1n) is 14.5. The Kier molecular flexibility index (Phi) is 9.18. The highest BCUT2D eigenvalue weighted by atomic mass is 19.4. The Morgan fingerprint density at radius 1 is 0.902 bits per heavy atom. The lowest BCUT2D eigenvalue weighted by atomic mass is 9.88. The van der Waals surface area contributed by atoms with Crippen LogP contribution in [0.15, 0.2) is 66.7 Å². The van der Waals surface area contributed by atoms with Crippen molar-refractivity contribution in [1.82, 2.24) is 4.90 Å². The number of nitrogens with one attached hydrogen (secondary N) is 1. The fourth-order valence-corrected chi connectivity index (χ4v) is 6.05. The minimum atomic E-state index is -4.76. The van der Waals surface area contributed by atoms with Gasteiger partial charge in [-0.2, -0.15) is 0 Å². The minimum Gasteiger partial charge on any atom is -0.490 e. The largest absolute Gasteiger partial charge is 0.573 e. The summed E-state index contributed by atoms with van der Waals surface area (Å²) in [6, 6.07) is 18.3. The van der Waals surface area contributed by atoms with E-state index in [0.29, 0.717) is 22.4 Å². The van der Waals surface area contributed by atoms with Gasteiger partial charge in [-0.3, -0.25) is 4.79 Å². The second-order valence-corrected chi connectivity index (χ2v) is 11.2. The molecule has 1 aliphatic carbocycles. The highest BCUT2D eigenvalue weighted by molar-refractivity contribution is 6.09. The van der Waals surface area contributed by atoms with E-state index in [1.807, 2.05) is 37.3 Å². The molecule has 1 saturated carbocycles. The number of rotatable bonds is 8. The van der Waals surface area contributed by atoms with Gasteiger partial charge in [0.25, 0.3) is 5.91 Å². The maximum Gasteiger partial charge on any atom is 0.573 e. The maximum absolute atomic E-state index is 13.4. The van der Waals surface area contributed by atoms with Crippen molar-refractivity contribution in [2.24, 2.45) is 5.92 Å². The zero-order valence-corrected chi connectivity index (χ0v) is 23.4.